The van der Waals surface area contributed by atoms with Gasteiger partial charge in [0.15, 0.2) is 0 Å². The number of hydrogen-bond acceptors (Lipinski definition) is 3. The molecule has 0 heterocycles. The maximum absolute atomic E-state index is 10.4. The lowest BCUT2D eigenvalue weighted by Crippen LogP contribution is -2.37. The van der Waals surface area contributed by atoms with Crippen LogP contribution in [0.1, 0.15) is 19.8 Å². The highest BCUT2D eigenvalue weighted by Gasteiger charge is 2.14. The van der Waals surface area contributed by atoms with Crippen LogP contribution in [0.15, 0.2) is 0 Å². The molecule has 0 bridgehead atoms. The average molecular weight is 186 g/mol. The van der Waals surface area contributed by atoms with Gasteiger partial charge in [0.2, 0.25) is 0 Å². The fourth-order valence-corrected chi connectivity index (χ4v) is 0.761. The first-order valence-electron chi connectivity index (χ1n) is 3.79. The Morgan fingerprint density at radius 1 is 1.58 bits per heavy atom. The van der Waals surface area contributed by atoms with Gasteiger partial charge in [0.25, 0.3) is 0 Å². The molecular formula is C7H15MgNO3. The van der Waals surface area contributed by atoms with Crippen LogP contribution in [-0.2, 0) is 4.79 Å². The summed E-state index contributed by atoms with van der Waals surface area (Å²) in [6.07, 6.45) is 1.17. The molecule has 0 unspecified atom stereocenters. The van der Waals surface area contributed by atoms with Gasteiger partial charge in [-0.2, -0.15) is 0 Å². The summed E-state index contributed by atoms with van der Waals surface area (Å²) >= 11 is 0. The minimum Gasteiger partial charge on any atom is -0.480 e. The van der Waals surface area contributed by atoms with Crippen LogP contribution in [0.2, 0.25) is 0 Å². The summed E-state index contributed by atoms with van der Waals surface area (Å²) in [4.78, 5) is 10.4. The van der Waals surface area contributed by atoms with Gasteiger partial charge in [-0.15, -0.1) is 0 Å². The van der Waals surface area contributed by atoms with Crippen LogP contribution < -0.4 is 5.32 Å². The first-order valence-corrected chi connectivity index (χ1v) is 3.79. The van der Waals surface area contributed by atoms with E-state index < -0.39 is 12.0 Å². The molecule has 68 valence electrons. The summed E-state index contributed by atoms with van der Waals surface area (Å²) < 4.78 is 0. The lowest BCUT2D eigenvalue weighted by Gasteiger charge is -2.11. The van der Waals surface area contributed by atoms with Crippen molar-refractivity contribution in [2.75, 3.05) is 13.2 Å². The number of carbonyl (C=O) groups is 1. The predicted molar refractivity (Wildman–Crippen MR) is 47.2 cm³/mol. The molecule has 0 spiro atoms. The van der Waals surface area contributed by atoms with Crippen LogP contribution in [0.5, 0.6) is 0 Å². The van der Waals surface area contributed by atoms with E-state index in [2.05, 4.69) is 5.32 Å². The van der Waals surface area contributed by atoms with Crippen molar-refractivity contribution in [1.82, 2.24) is 5.32 Å². The Kier molecular flexibility index (Phi) is 11.3. The van der Waals surface area contributed by atoms with Crippen molar-refractivity contribution in [3.8, 4) is 0 Å². The number of aliphatic hydroxyl groups is 1. The number of aliphatic hydroxyl groups excluding tert-OH is 1. The van der Waals surface area contributed by atoms with E-state index in [4.69, 9.17) is 10.2 Å². The van der Waals surface area contributed by atoms with Gasteiger partial charge >= 0.3 is 5.97 Å². The maximum atomic E-state index is 10.4. The van der Waals surface area contributed by atoms with Crippen molar-refractivity contribution in [2.24, 2.45) is 0 Å². The Morgan fingerprint density at radius 2 is 2.17 bits per heavy atom. The van der Waals surface area contributed by atoms with Gasteiger partial charge in [-0.25, -0.2) is 0 Å². The highest BCUT2D eigenvalue weighted by atomic mass is 24.3. The molecule has 0 saturated heterocycles. The second-order valence-electron chi connectivity index (χ2n) is 2.36. The molecule has 0 fully saturated rings. The van der Waals surface area contributed by atoms with Crippen molar-refractivity contribution < 1.29 is 15.0 Å². The number of rotatable bonds is 6. The van der Waals surface area contributed by atoms with E-state index in [0.717, 1.165) is 6.42 Å². The predicted octanol–water partition coefficient (Wildman–Crippen LogP) is -0.559. The van der Waals surface area contributed by atoms with Crippen molar-refractivity contribution in [2.45, 2.75) is 25.8 Å². The highest BCUT2D eigenvalue weighted by molar-refractivity contribution is 5.75. The third-order valence-electron chi connectivity index (χ3n) is 1.36. The minimum atomic E-state index is -0.896. The zero-order chi connectivity index (χ0) is 8.69. The number of carboxylic acids is 1. The molecule has 3 N–H and O–H groups in total. The molecule has 0 aromatic rings. The fourth-order valence-electron chi connectivity index (χ4n) is 0.761. The second-order valence-corrected chi connectivity index (χ2v) is 2.36. The van der Waals surface area contributed by atoms with Gasteiger partial charge in [-0.3, -0.25) is 4.79 Å². The molecule has 0 rings (SSSR count). The van der Waals surface area contributed by atoms with E-state index >= 15 is 0 Å². The van der Waals surface area contributed by atoms with Gasteiger partial charge in [0.05, 0.1) is 0 Å². The topological polar surface area (TPSA) is 69.6 Å². The zero-order valence-corrected chi connectivity index (χ0v) is 8.83. The van der Waals surface area contributed by atoms with E-state index in [-0.39, 0.29) is 36.1 Å². The molecule has 0 aromatic heterocycles. The summed E-state index contributed by atoms with van der Waals surface area (Å²) in [6, 6.07) is -0.597. The Morgan fingerprint density at radius 3 is 2.50 bits per heavy atom. The lowest BCUT2D eigenvalue weighted by atomic mass is 10.2. The van der Waals surface area contributed by atoms with Crippen LogP contribution in [0, 0.1) is 0 Å². The summed E-state index contributed by atoms with van der Waals surface area (Å²) in [5.41, 5.74) is 0. The van der Waals surface area contributed by atoms with Gasteiger partial charge in [-0.1, -0.05) is 6.92 Å². The molecule has 0 aliphatic rings. The molecule has 0 aliphatic carbocycles. The maximum Gasteiger partial charge on any atom is 0.320 e. The standard InChI is InChI=1S/C7H15NO3.Mg/c1-2-4-8-6(3-5-9)7(10)11;/h6,8-9H,2-5H2,1H3,(H,10,11);/t6-;/m0./s1. The van der Waals surface area contributed by atoms with Crippen LogP contribution in [0.3, 0.4) is 0 Å². The molecule has 0 aliphatic heterocycles. The summed E-state index contributed by atoms with van der Waals surface area (Å²) in [5.74, 6) is -0.896. The van der Waals surface area contributed by atoms with Crippen molar-refractivity contribution >= 4 is 29.0 Å². The molecule has 0 saturated carbocycles. The SMILES string of the molecule is CCCN[C@@H](CCO)C(=O)O.[Mg]. The van der Waals surface area contributed by atoms with E-state index in [1.165, 1.54) is 0 Å². The van der Waals surface area contributed by atoms with Gasteiger partial charge in [-0.05, 0) is 19.4 Å². The Bertz CT molecular complexity index is 121. The Balaban J connectivity index is 0. The first-order chi connectivity index (χ1) is 5.22. The minimum absolute atomic E-state index is 0. The van der Waals surface area contributed by atoms with Crippen LogP contribution in [0.25, 0.3) is 0 Å². The van der Waals surface area contributed by atoms with Crippen molar-refractivity contribution in [3.05, 3.63) is 0 Å². The summed E-state index contributed by atoms with van der Waals surface area (Å²) in [5, 5.41) is 19.8. The monoisotopic (exact) mass is 185 g/mol. The third-order valence-corrected chi connectivity index (χ3v) is 1.36. The number of aliphatic carboxylic acids is 1. The second kappa shape index (κ2) is 9.25. The Hall–Kier alpha value is 0.156. The van der Waals surface area contributed by atoms with E-state index in [9.17, 15) is 4.79 Å². The first kappa shape index (κ1) is 14.7. The molecule has 0 aromatic carbocycles. The largest absolute Gasteiger partial charge is 0.480 e. The summed E-state index contributed by atoms with van der Waals surface area (Å²) in [7, 11) is 0. The molecule has 1 atom stereocenters. The highest BCUT2D eigenvalue weighted by Crippen LogP contribution is 1.90. The van der Waals surface area contributed by atoms with E-state index in [1.807, 2.05) is 6.92 Å². The number of carboxylic acid groups (broad SMARTS) is 1. The molecular weight excluding hydrogens is 170 g/mol. The van der Waals surface area contributed by atoms with Gasteiger partial charge in [0, 0.05) is 29.7 Å². The summed E-state index contributed by atoms with van der Waals surface area (Å²) in [6.45, 7) is 2.55. The van der Waals surface area contributed by atoms with Crippen LogP contribution in [-0.4, -0.2) is 58.4 Å². The number of hydrogen-bond donors (Lipinski definition) is 3. The average Bonchev–Trinajstić information content (AvgIpc) is 1.97. The molecule has 5 heteroatoms. The van der Waals surface area contributed by atoms with Crippen LogP contribution >= 0.6 is 0 Å². The molecule has 4 nitrogen and oxygen atoms in total. The third kappa shape index (κ3) is 6.84. The zero-order valence-electron chi connectivity index (χ0n) is 7.42. The van der Waals surface area contributed by atoms with Gasteiger partial charge in [0.1, 0.15) is 6.04 Å². The van der Waals surface area contributed by atoms with Crippen LogP contribution in [0.4, 0.5) is 0 Å². The normalized spacial score (nSPS) is 11.8. The van der Waals surface area contributed by atoms with E-state index in [0.29, 0.717) is 6.54 Å². The smallest absolute Gasteiger partial charge is 0.320 e. The van der Waals surface area contributed by atoms with Crippen molar-refractivity contribution in [1.29, 1.82) is 0 Å². The number of nitrogens with one attached hydrogen (secondary N) is 1. The van der Waals surface area contributed by atoms with Crippen molar-refractivity contribution in [3.63, 3.8) is 0 Å². The molecule has 12 heavy (non-hydrogen) atoms. The van der Waals surface area contributed by atoms with Gasteiger partial charge < -0.3 is 15.5 Å². The Labute approximate surface area is 88.5 Å². The van der Waals surface area contributed by atoms with E-state index in [1.54, 1.807) is 0 Å². The lowest BCUT2D eigenvalue weighted by molar-refractivity contribution is -0.139. The fraction of sp³-hybridized carbons (Fsp3) is 0.857. The molecule has 2 radical (unpaired) electrons. The molecule has 0 amide bonds. The quantitative estimate of drug-likeness (QED) is 0.485.